The second-order valence-electron chi connectivity index (χ2n) is 5.09. The molecule has 1 aromatic heterocycles. The molecule has 0 spiro atoms. The quantitative estimate of drug-likeness (QED) is 0.283. The van der Waals surface area contributed by atoms with Gasteiger partial charge in [-0.15, -0.1) is 0 Å². The zero-order valence-corrected chi connectivity index (χ0v) is 14.9. The average Bonchev–Trinajstić information content (AvgIpc) is 3.08. The molecule has 0 radical (unpaired) electrons. The minimum atomic E-state index is -0.657. The monoisotopic (exact) mass is 389 g/mol. The topological polar surface area (TPSA) is 102 Å². The Morgan fingerprint density at radius 3 is 2.73 bits per heavy atom. The number of carbonyl (C=O) groups excluding carboxylic acids is 2. The smallest absolute Gasteiger partial charge is 0.324 e. The summed E-state index contributed by atoms with van der Waals surface area (Å²) in [5.74, 6) is -0.757. The van der Waals surface area contributed by atoms with Crippen LogP contribution in [0.25, 0.3) is 6.08 Å². The lowest BCUT2D eigenvalue weighted by Gasteiger charge is -2.29. The van der Waals surface area contributed by atoms with Crippen LogP contribution < -0.4 is 15.0 Å². The molecular weight excluding hydrogens is 378 g/mol. The maximum atomic E-state index is 12.8. The van der Waals surface area contributed by atoms with Gasteiger partial charge in [0, 0.05) is 17.0 Å². The molecule has 1 saturated heterocycles. The summed E-state index contributed by atoms with van der Waals surface area (Å²) in [6.45, 7) is 0. The van der Waals surface area contributed by atoms with Crippen LogP contribution in [-0.4, -0.2) is 29.0 Å². The normalized spacial score (nSPS) is 16.0. The number of nitro groups is 1. The molecule has 1 aromatic carbocycles. The molecule has 2 amide bonds. The second-order valence-corrected chi connectivity index (χ2v) is 6.57. The molecule has 8 nitrogen and oxygen atoms in total. The van der Waals surface area contributed by atoms with E-state index in [9.17, 15) is 19.7 Å². The van der Waals surface area contributed by atoms with Crippen LogP contribution in [-0.2, 0) is 9.59 Å². The van der Waals surface area contributed by atoms with Crippen molar-refractivity contribution >= 4 is 57.2 Å². The van der Waals surface area contributed by atoms with E-state index in [0.29, 0.717) is 16.3 Å². The zero-order chi connectivity index (χ0) is 18.8. The van der Waals surface area contributed by atoms with E-state index < -0.39 is 16.7 Å². The first-order chi connectivity index (χ1) is 12.4. The number of ether oxygens (including phenoxy) is 1. The SMILES string of the molecule is COc1cccc(N2C(=O)/C(=C\c3ccc([N+](=O)[O-])s3)C(=O)NC2=S)c1. The Kier molecular flexibility index (Phi) is 4.78. The highest BCUT2D eigenvalue weighted by atomic mass is 32.1. The number of nitrogens with zero attached hydrogens (tertiary/aromatic N) is 2. The maximum Gasteiger partial charge on any atom is 0.324 e. The van der Waals surface area contributed by atoms with Crippen LogP contribution in [0.4, 0.5) is 10.7 Å². The Hall–Kier alpha value is -3.11. The van der Waals surface area contributed by atoms with Gasteiger partial charge in [-0.1, -0.05) is 17.4 Å². The van der Waals surface area contributed by atoms with Crippen LogP contribution in [0.3, 0.4) is 0 Å². The van der Waals surface area contributed by atoms with Crippen LogP contribution in [0, 0.1) is 10.1 Å². The van der Waals surface area contributed by atoms with E-state index in [-0.39, 0.29) is 15.7 Å². The molecule has 0 atom stereocenters. The molecule has 1 aliphatic heterocycles. The summed E-state index contributed by atoms with van der Waals surface area (Å²) in [5.41, 5.74) is 0.264. The van der Waals surface area contributed by atoms with E-state index in [4.69, 9.17) is 17.0 Å². The molecule has 1 fully saturated rings. The van der Waals surface area contributed by atoms with E-state index in [0.717, 1.165) is 11.3 Å². The van der Waals surface area contributed by atoms with Gasteiger partial charge < -0.3 is 4.74 Å². The fourth-order valence-electron chi connectivity index (χ4n) is 2.30. The lowest BCUT2D eigenvalue weighted by molar-refractivity contribution is -0.380. The van der Waals surface area contributed by atoms with Crippen molar-refractivity contribution in [2.75, 3.05) is 12.0 Å². The Bertz CT molecular complexity index is 966. The molecule has 132 valence electrons. The standard InChI is InChI=1S/C16H11N3O5S2/c1-24-10-4-2-3-9(7-10)18-15(21)12(14(20)17-16(18)25)8-11-5-6-13(26-11)19(22)23/h2-8H,1H3,(H,17,20,25)/b12-8-. The molecule has 0 aliphatic carbocycles. The van der Waals surface area contributed by atoms with Crippen molar-refractivity contribution in [3.8, 4) is 5.75 Å². The molecule has 3 rings (SSSR count). The largest absolute Gasteiger partial charge is 0.497 e. The van der Waals surface area contributed by atoms with Gasteiger partial charge in [0.05, 0.1) is 17.7 Å². The van der Waals surface area contributed by atoms with Gasteiger partial charge in [-0.3, -0.25) is 29.9 Å². The highest BCUT2D eigenvalue weighted by molar-refractivity contribution is 7.80. The summed E-state index contributed by atoms with van der Waals surface area (Å²) in [5, 5.41) is 13.1. The predicted octanol–water partition coefficient (Wildman–Crippen LogP) is 2.50. The number of nitrogens with one attached hydrogen (secondary N) is 1. The molecule has 2 aromatic rings. The number of hydrogen-bond acceptors (Lipinski definition) is 7. The van der Waals surface area contributed by atoms with Crippen LogP contribution in [0.15, 0.2) is 42.0 Å². The number of thiocarbonyl (C=S) groups is 1. The van der Waals surface area contributed by atoms with Crippen LogP contribution in [0.1, 0.15) is 4.88 Å². The van der Waals surface area contributed by atoms with Crippen molar-refractivity contribution in [1.29, 1.82) is 0 Å². The van der Waals surface area contributed by atoms with Crippen molar-refractivity contribution in [2.45, 2.75) is 0 Å². The summed E-state index contributed by atoms with van der Waals surface area (Å²) >= 11 is 5.98. The number of hydrogen-bond donors (Lipinski definition) is 1. The third-order valence-electron chi connectivity index (χ3n) is 3.49. The lowest BCUT2D eigenvalue weighted by atomic mass is 10.1. The molecular formula is C16H11N3O5S2. The van der Waals surface area contributed by atoms with Crippen molar-refractivity contribution in [1.82, 2.24) is 5.32 Å². The highest BCUT2D eigenvalue weighted by Crippen LogP contribution is 2.29. The number of benzene rings is 1. The van der Waals surface area contributed by atoms with Gasteiger partial charge in [0.15, 0.2) is 5.11 Å². The number of thiophene rings is 1. The molecule has 0 unspecified atom stereocenters. The van der Waals surface area contributed by atoms with Crippen molar-refractivity contribution in [3.63, 3.8) is 0 Å². The molecule has 0 bridgehead atoms. The van der Waals surface area contributed by atoms with Crippen molar-refractivity contribution in [2.24, 2.45) is 0 Å². The highest BCUT2D eigenvalue weighted by Gasteiger charge is 2.34. The fourth-order valence-corrected chi connectivity index (χ4v) is 3.35. The summed E-state index contributed by atoms with van der Waals surface area (Å²) in [4.78, 5) is 36.9. The van der Waals surface area contributed by atoms with Gasteiger partial charge in [-0.2, -0.15) is 0 Å². The third kappa shape index (κ3) is 3.32. The first-order valence-corrected chi connectivity index (χ1v) is 8.43. The number of amides is 2. The maximum absolute atomic E-state index is 12.8. The number of rotatable bonds is 4. The van der Waals surface area contributed by atoms with Gasteiger partial charge >= 0.3 is 5.00 Å². The first-order valence-electron chi connectivity index (χ1n) is 7.20. The zero-order valence-electron chi connectivity index (χ0n) is 13.3. The summed E-state index contributed by atoms with van der Waals surface area (Å²) < 4.78 is 5.14. The molecule has 10 heteroatoms. The third-order valence-corrected chi connectivity index (χ3v) is 4.76. The summed E-state index contributed by atoms with van der Waals surface area (Å²) in [6.07, 6.45) is 1.31. The second kappa shape index (κ2) is 7.02. The molecule has 0 saturated carbocycles. The predicted molar refractivity (Wildman–Crippen MR) is 100 cm³/mol. The Morgan fingerprint density at radius 1 is 1.31 bits per heavy atom. The van der Waals surface area contributed by atoms with Gasteiger partial charge in [0.25, 0.3) is 11.8 Å². The van der Waals surface area contributed by atoms with Crippen molar-refractivity contribution in [3.05, 3.63) is 57.0 Å². The van der Waals surface area contributed by atoms with Gasteiger partial charge in [0.2, 0.25) is 0 Å². The summed E-state index contributed by atoms with van der Waals surface area (Å²) in [6, 6.07) is 9.44. The van der Waals surface area contributed by atoms with Crippen LogP contribution in [0.5, 0.6) is 5.75 Å². The van der Waals surface area contributed by atoms with Crippen LogP contribution >= 0.6 is 23.6 Å². The molecule has 2 heterocycles. The number of methoxy groups -OCH3 is 1. The van der Waals surface area contributed by atoms with E-state index in [1.165, 1.54) is 30.2 Å². The minimum absolute atomic E-state index is 0.0532. The van der Waals surface area contributed by atoms with E-state index >= 15 is 0 Å². The fraction of sp³-hybridized carbons (Fsp3) is 0.0625. The number of carbonyl (C=O) groups is 2. The minimum Gasteiger partial charge on any atom is -0.497 e. The van der Waals surface area contributed by atoms with Crippen molar-refractivity contribution < 1.29 is 19.2 Å². The first kappa shape index (κ1) is 17.7. The Labute approximate surface area is 156 Å². The molecule has 26 heavy (non-hydrogen) atoms. The molecule has 1 aliphatic rings. The lowest BCUT2D eigenvalue weighted by Crippen LogP contribution is -2.54. The summed E-state index contributed by atoms with van der Waals surface area (Å²) in [7, 11) is 1.49. The van der Waals surface area contributed by atoms with E-state index in [2.05, 4.69) is 5.32 Å². The Balaban J connectivity index is 1.99. The van der Waals surface area contributed by atoms with E-state index in [1.807, 2.05) is 0 Å². The molecule has 1 N–H and O–H groups in total. The van der Waals surface area contributed by atoms with Gasteiger partial charge in [-0.05, 0) is 36.5 Å². The van der Waals surface area contributed by atoms with E-state index in [1.54, 1.807) is 24.3 Å². The van der Waals surface area contributed by atoms with Gasteiger partial charge in [0.1, 0.15) is 11.3 Å². The number of anilines is 1. The van der Waals surface area contributed by atoms with Gasteiger partial charge in [-0.25, -0.2) is 0 Å². The van der Waals surface area contributed by atoms with Crippen LogP contribution in [0.2, 0.25) is 0 Å². The Morgan fingerprint density at radius 2 is 2.08 bits per heavy atom. The average molecular weight is 389 g/mol.